The van der Waals surface area contributed by atoms with Gasteiger partial charge in [0.15, 0.2) is 0 Å². The van der Waals surface area contributed by atoms with Crippen LogP contribution in [0.15, 0.2) is 11.9 Å². The molecule has 0 aromatic rings. The number of aliphatic hydroxyl groups excluding tert-OH is 1. The lowest BCUT2D eigenvalue weighted by Crippen LogP contribution is -2.26. The Morgan fingerprint density at radius 1 is 1.44 bits per heavy atom. The van der Waals surface area contributed by atoms with Gasteiger partial charge in [-0.2, -0.15) is 0 Å². The van der Waals surface area contributed by atoms with E-state index in [1.807, 2.05) is 0 Å². The molecule has 0 fully saturated rings. The number of nitrogens with one attached hydrogen (secondary N) is 1. The normalized spacial score (nSPS) is 13.8. The largest absolute Gasteiger partial charge is 0.392 e. The van der Waals surface area contributed by atoms with Crippen LogP contribution in [0.3, 0.4) is 0 Å². The molecule has 0 aliphatic heterocycles. The van der Waals surface area contributed by atoms with Gasteiger partial charge in [-0.3, -0.25) is 4.57 Å². The first kappa shape index (κ1) is 15.8. The van der Waals surface area contributed by atoms with Crippen LogP contribution in [0.25, 0.3) is 0 Å². The van der Waals surface area contributed by atoms with Crippen LogP contribution in [0, 0.1) is 0 Å². The third-order valence-corrected chi connectivity index (χ3v) is 3.88. The third kappa shape index (κ3) is 5.77. The van der Waals surface area contributed by atoms with Crippen molar-refractivity contribution >= 4 is 7.60 Å². The van der Waals surface area contributed by atoms with Crippen molar-refractivity contribution in [3.05, 3.63) is 11.9 Å². The van der Waals surface area contributed by atoms with Crippen molar-refractivity contribution < 1.29 is 18.7 Å². The van der Waals surface area contributed by atoms with Gasteiger partial charge in [0.05, 0.1) is 19.3 Å². The maximum absolute atomic E-state index is 12.1. The van der Waals surface area contributed by atoms with Gasteiger partial charge < -0.3 is 19.5 Å². The first-order chi connectivity index (χ1) is 7.46. The molecule has 0 saturated heterocycles. The first-order valence-corrected chi connectivity index (χ1v) is 6.96. The van der Waals surface area contributed by atoms with Gasteiger partial charge >= 0.3 is 7.60 Å². The molecule has 0 aromatic carbocycles. The summed E-state index contributed by atoms with van der Waals surface area (Å²) in [5.41, 5.74) is 0. The summed E-state index contributed by atoms with van der Waals surface area (Å²) in [7, 11) is -3.21. The van der Waals surface area contributed by atoms with Gasteiger partial charge in [-0.1, -0.05) is 6.58 Å². The van der Waals surface area contributed by atoms with Crippen LogP contribution in [-0.4, -0.2) is 37.5 Å². The minimum atomic E-state index is -3.21. The molecule has 16 heavy (non-hydrogen) atoms. The van der Waals surface area contributed by atoms with Gasteiger partial charge in [-0.05, 0) is 20.8 Å². The van der Waals surface area contributed by atoms with E-state index in [0.29, 0.717) is 31.6 Å². The second-order valence-corrected chi connectivity index (χ2v) is 5.52. The molecule has 1 atom stereocenters. The van der Waals surface area contributed by atoms with Crippen molar-refractivity contribution in [1.29, 1.82) is 0 Å². The molecule has 0 spiro atoms. The van der Waals surface area contributed by atoms with Gasteiger partial charge in [0, 0.05) is 18.4 Å². The van der Waals surface area contributed by atoms with Crippen LogP contribution in [0.1, 0.15) is 20.8 Å². The van der Waals surface area contributed by atoms with Crippen molar-refractivity contribution in [3.63, 3.8) is 0 Å². The summed E-state index contributed by atoms with van der Waals surface area (Å²) < 4.78 is 22.4. The molecule has 0 rings (SSSR count). The lowest BCUT2D eigenvalue weighted by Gasteiger charge is -2.19. The van der Waals surface area contributed by atoms with Crippen LogP contribution in [-0.2, 0) is 13.6 Å². The number of hydrogen-bond acceptors (Lipinski definition) is 5. The minimum absolute atomic E-state index is 0.308. The van der Waals surface area contributed by atoms with E-state index in [9.17, 15) is 4.57 Å². The number of hydrogen-bond donors (Lipinski definition) is 2. The molecule has 0 aromatic heterocycles. The second kappa shape index (κ2) is 7.98. The first-order valence-electron chi connectivity index (χ1n) is 5.42. The molecule has 6 heteroatoms. The topological polar surface area (TPSA) is 67.8 Å². The Labute approximate surface area is 97.4 Å². The summed E-state index contributed by atoms with van der Waals surface area (Å²) in [5, 5.41) is 12.4. The SMILES string of the molecule is C=C(CNCC(C)O)P(=O)(OCC)OCC. The van der Waals surface area contributed by atoms with E-state index in [1.54, 1.807) is 20.8 Å². The van der Waals surface area contributed by atoms with Crippen molar-refractivity contribution in [2.24, 2.45) is 0 Å². The predicted molar refractivity (Wildman–Crippen MR) is 64.5 cm³/mol. The summed E-state index contributed by atoms with van der Waals surface area (Å²) >= 11 is 0. The molecule has 0 bridgehead atoms. The summed E-state index contributed by atoms with van der Waals surface area (Å²) in [6.07, 6.45) is -0.452. The Morgan fingerprint density at radius 3 is 2.31 bits per heavy atom. The lowest BCUT2D eigenvalue weighted by molar-refractivity contribution is 0.192. The Bertz CT molecular complexity index is 245. The molecule has 0 aliphatic carbocycles. The van der Waals surface area contributed by atoms with Crippen LogP contribution in [0.5, 0.6) is 0 Å². The van der Waals surface area contributed by atoms with Gasteiger partial charge in [0.25, 0.3) is 0 Å². The molecule has 0 radical (unpaired) electrons. The summed E-state index contributed by atoms with van der Waals surface area (Å²) in [4.78, 5) is 0. The maximum Gasteiger partial charge on any atom is 0.358 e. The van der Waals surface area contributed by atoms with Crippen LogP contribution in [0.2, 0.25) is 0 Å². The molecular weight excluding hydrogens is 229 g/mol. The van der Waals surface area contributed by atoms with E-state index >= 15 is 0 Å². The van der Waals surface area contributed by atoms with E-state index in [-0.39, 0.29) is 0 Å². The van der Waals surface area contributed by atoms with Gasteiger partial charge in [-0.25, -0.2) is 0 Å². The molecule has 0 heterocycles. The number of aliphatic hydroxyl groups is 1. The number of rotatable bonds is 9. The zero-order valence-corrected chi connectivity index (χ0v) is 11.1. The zero-order chi connectivity index (χ0) is 12.6. The van der Waals surface area contributed by atoms with E-state index in [4.69, 9.17) is 14.2 Å². The zero-order valence-electron chi connectivity index (χ0n) is 10.2. The summed E-state index contributed by atoms with van der Waals surface area (Å²) in [6.45, 7) is 10.2. The van der Waals surface area contributed by atoms with Crippen molar-refractivity contribution in [2.75, 3.05) is 26.3 Å². The highest BCUT2D eigenvalue weighted by molar-refractivity contribution is 7.58. The Hall–Kier alpha value is -0.190. The standard InChI is InChI=1S/C10H22NO4P/c1-5-14-16(13,15-6-2)10(4)8-11-7-9(3)12/h9,11-12H,4-8H2,1-3H3. The fourth-order valence-corrected chi connectivity index (χ4v) is 2.51. The third-order valence-electron chi connectivity index (χ3n) is 1.75. The predicted octanol–water partition coefficient (Wildman–Crippen LogP) is 1.74. The highest BCUT2D eigenvalue weighted by Gasteiger charge is 2.27. The minimum Gasteiger partial charge on any atom is -0.392 e. The molecule has 0 aliphatic rings. The van der Waals surface area contributed by atoms with Crippen molar-refractivity contribution in [1.82, 2.24) is 5.32 Å². The van der Waals surface area contributed by atoms with E-state index in [0.717, 1.165) is 0 Å². The van der Waals surface area contributed by atoms with Crippen LogP contribution >= 0.6 is 7.60 Å². The average molecular weight is 251 g/mol. The monoisotopic (exact) mass is 251 g/mol. The fourth-order valence-electron chi connectivity index (χ4n) is 1.08. The molecule has 2 N–H and O–H groups in total. The van der Waals surface area contributed by atoms with Crippen LogP contribution < -0.4 is 5.32 Å². The molecule has 5 nitrogen and oxygen atoms in total. The Morgan fingerprint density at radius 2 is 1.94 bits per heavy atom. The van der Waals surface area contributed by atoms with E-state index < -0.39 is 13.7 Å². The van der Waals surface area contributed by atoms with Crippen molar-refractivity contribution in [3.8, 4) is 0 Å². The van der Waals surface area contributed by atoms with Gasteiger partial charge in [0.2, 0.25) is 0 Å². The van der Waals surface area contributed by atoms with Gasteiger partial charge in [-0.15, -0.1) is 0 Å². The highest BCUT2D eigenvalue weighted by Crippen LogP contribution is 2.54. The van der Waals surface area contributed by atoms with Crippen molar-refractivity contribution in [2.45, 2.75) is 26.9 Å². The van der Waals surface area contributed by atoms with Crippen LogP contribution in [0.4, 0.5) is 0 Å². The molecular formula is C10H22NO4P. The maximum atomic E-state index is 12.1. The van der Waals surface area contributed by atoms with E-state index in [1.165, 1.54) is 0 Å². The quantitative estimate of drug-likeness (QED) is 0.611. The lowest BCUT2D eigenvalue weighted by atomic mass is 10.4. The Balaban J connectivity index is 4.23. The second-order valence-electron chi connectivity index (χ2n) is 3.38. The molecule has 1 unspecified atom stereocenters. The van der Waals surface area contributed by atoms with E-state index in [2.05, 4.69) is 11.9 Å². The van der Waals surface area contributed by atoms with Gasteiger partial charge in [0.1, 0.15) is 0 Å². The molecule has 0 saturated carbocycles. The molecule has 96 valence electrons. The fraction of sp³-hybridized carbons (Fsp3) is 0.800. The highest BCUT2D eigenvalue weighted by atomic mass is 31.2. The average Bonchev–Trinajstić information content (AvgIpc) is 2.17. The summed E-state index contributed by atoms with van der Waals surface area (Å²) in [6, 6.07) is 0. The molecule has 0 amide bonds. The smallest absolute Gasteiger partial charge is 0.358 e. The Kier molecular flexibility index (Phi) is 7.89. The summed E-state index contributed by atoms with van der Waals surface area (Å²) in [5.74, 6) is 0.